The summed E-state index contributed by atoms with van der Waals surface area (Å²) in [6, 6.07) is 0. The minimum absolute atomic E-state index is 0.0772. The van der Waals surface area contributed by atoms with Gasteiger partial charge in [0.1, 0.15) is 6.10 Å². The molecule has 0 fully saturated rings. The molecule has 1 atom stereocenters. The molecule has 1 N–H and O–H groups in total. The fourth-order valence-corrected chi connectivity index (χ4v) is 3.57. The molecule has 4 nitrogen and oxygen atoms in total. The van der Waals surface area contributed by atoms with E-state index < -0.39 is 5.97 Å². The lowest BCUT2D eigenvalue weighted by Gasteiger charge is -2.14. The molecule has 0 aliphatic carbocycles. The summed E-state index contributed by atoms with van der Waals surface area (Å²) in [5.41, 5.74) is 0. The van der Waals surface area contributed by atoms with Gasteiger partial charge >= 0.3 is 11.9 Å². The van der Waals surface area contributed by atoms with Crippen LogP contribution in [0.5, 0.6) is 0 Å². The second-order valence-electron chi connectivity index (χ2n) is 8.52. The van der Waals surface area contributed by atoms with E-state index in [-0.39, 0.29) is 18.5 Å². The van der Waals surface area contributed by atoms with Crippen molar-refractivity contribution in [3.05, 3.63) is 12.2 Å². The Morgan fingerprint density at radius 2 is 1.27 bits per heavy atom. The molecule has 30 heavy (non-hydrogen) atoms. The van der Waals surface area contributed by atoms with Gasteiger partial charge in [-0.3, -0.25) is 9.59 Å². The van der Waals surface area contributed by atoms with Crippen LogP contribution in [-0.2, 0) is 14.3 Å². The Morgan fingerprint density at radius 1 is 0.733 bits per heavy atom. The minimum Gasteiger partial charge on any atom is -0.481 e. The van der Waals surface area contributed by atoms with Crippen LogP contribution in [0.3, 0.4) is 0 Å². The molecule has 0 aliphatic heterocycles. The van der Waals surface area contributed by atoms with E-state index in [4.69, 9.17) is 9.84 Å². The third-order valence-electron chi connectivity index (χ3n) is 5.45. The molecular formula is C26H48O4. The molecule has 0 aromatic carbocycles. The number of allylic oxidation sites excluding steroid dienone is 1. The lowest BCUT2D eigenvalue weighted by Crippen LogP contribution is -2.16. The molecule has 0 rings (SSSR count). The minimum atomic E-state index is -0.726. The largest absolute Gasteiger partial charge is 0.481 e. The van der Waals surface area contributed by atoms with Crippen molar-refractivity contribution in [2.45, 2.75) is 142 Å². The second kappa shape index (κ2) is 22.4. The van der Waals surface area contributed by atoms with E-state index in [1.807, 2.05) is 6.08 Å². The predicted molar refractivity (Wildman–Crippen MR) is 126 cm³/mol. The fourth-order valence-electron chi connectivity index (χ4n) is 3.57. The number of carbonyl (C=O) groups excluding carboxylic acids is 1. The predicted octanol–water partition coefficient (Wildman–Crippen LogP) is 7.99. The maximum atomic E-state index is 12.2. The number of rotatable bonds is 22. The van der Waals surface area contributed by atoms with Crippen LogP contribution in [-0.4, -0.2) is 23.1 Å². The first-order chi connectivity index (χ1) is 14.6. The zero-order valence-corrected chi connectivity index (χ0v) is 19.8. The molecular weight excluding hydrogens is 376 g/mol. The normalized spacial score (nSPS) is 12.3. The Balaban J connectivity index is 3.87. The zero-order valence-electron chi connectivity index (χ0n) is 19.8. The number of ether oxygens (including phenoxy) is 1. The van der Waals surface area contributed by atoms with Gasteiger partial charge in [-0.15, -0.1) is 0 Å². The fraction of sp³-hybridized carbons (Fsp3) is 0.846. The number of aliphatic carboxylic acids is 1. The van der Waals surface area contributed by atoms with Crippen molar-refractivity contribution in [3.8, 4) is 0 Å². The molecule has 0 amide bonds. The van der Waals surface area contributed by atoms with Crippen LogP contribution in [0.4, 0.5) is 0 Å². The van der Waals surface area contributed by atoms with E-state index in [2.05, 4.69) is 19.9 Å². The molecule has 0 saturated heterocycles. The van der Waals surface area contributed by atoms with Gasteiger partial charge in [0.25, 0.3) is 0 Å². The average Bonchev–Trinajstić information content (AvgIpc) is 2.71. The van der Waals surface area contributed by atoms with Crippen molar-refractivity contribution in [1.82, 2.24) is 0 Å². The molecule has 4 heteroatoms. The van der Waals surface area contributed by atoms with Crippen LogP contribution in [0.1, 0.15) is 136 Å². The Morgan fingerprint density at radius 3 is 1.83 bits per heavy atom. The zero-order chi connectivity index (χ0) is 22.3. The summed E-state index contributed by atoms with van der Waals surface area (Å²) in [7, 11) is 0. The first-order valence-electron chi connectivity index (χ1n) is 12.7. The molecule has 0 aromatic rings. The molecule has 176 valence electrons. The summed E-state index contributed by atoms with van der Waals surface area (Å²) < 4.78 is 5.70. The Bertz CT molecular complexity index is 431. The third-order valence-corrected chi connectivity index (χ3v) is 5.45. The maximum absolute atomic E-state index is 12.2. The number of hydrogen-bond acceptors (Lipinski definition) is 3. The standard InChI is InChI=1S/C26H48O4/c1-3-5-7-8-9-10-11-12-13-19-23-26(29)30-24(20-16-6-4-2)21-17-14-15-18-22-25(27)28/h16,20,24H,3-15,17-19,21-23H2,1-2H3,(H,27,28)/b20-16-. The first-order valence-corrected chi connectivity index (χ1v) is 12.7. The van der Waals surface area contributed by atoms with Gasteiger partial charge in [0.05, 0.1) is 0 Å². The number of carbonyl (C=O) groups is 2. The monoisotopic (exact) mass is 424 g/mol. The van der Waals surface area contributed by atoms with Gasteiger partial charge < -0.3 is 9.84 Å². The topological polar surface area (TPSA) is 63.6 Å². The Kier molecular flexibility index (Phi) is 21.4. The van der Waals surface area contributed by atoms with Gasteiger partial charge in [-0.2, -0.15) is 0 Å². The van der Waals surface area contributed by atoms with Gasteiger partial charge in [-0.05, 0) is 38.2 Å². The summed E-state index contributed by atoms with van der Waals surface area (Å²) in [5, 5.41) is 8.68. The van der Waals surface area contributed by atoms with Crippen LogP contribution in [0, 0.1) is 0 Å². The quantitative estimate of drug-likeness (QED) is 0.109. The number of hydrogen-bond donors (Lipinski definition) is 1. The van der Waals surface area contributed by atoms with E-state index in [0.29, 0.717) is 6.42 Å². The Hall–Kier alpha value is -1.32. The highest BCUT2D eigenvalue weighted by Gasteiger charge is 2.11. The van der Waals surface area contributed by atoms with Crippen LogP contribution in [0.2, 0.25) is 0 Å². The van der Waals surface area contributed by atoms with Crippen LogP contribution in [0.15, 0.2) is 12.2 Å². The van der Waals surface area contributed by atoms with Gasteiger partial charge in [-0.1, -0.05) is 97.0 Å². The number of carboxylic acids is 1. The Labute approximate surface area is 185 Å². The van der Waals surface area contributed by atoms with E-state index >= 15 is 0 Å². The van der Waals surface area contributed by atoms with Crippen molar-refractivity contribution in [1.29, 1.82) is 0 Å². The first kappa shape index (κ1) is 28.7. The highest BCUT2D eigenvalue weighted by Crippen LogP contribution is 2.14. The molecule has 0 aromatic heterocycles. The van der Waals surface area contributed by atoms with Gasteiger partial charge in [0.2, 0.25) is 0 Å². The SMILES string of the molecule is CCC/C=C\C(CCCCCCC(=O)O)OC(=O)CCCCCCCCCCCC. The molecule has 0 heterocycles. The van der Waals surface area contributed by atoms with Gasteiger partial charge in [0, 0.05) is 12.8 Å². The highest BCUT2D eigenvalue weighted by atomic mass is 16.5. The van der Waals surface area contributed by atoms with E-state index in [1.165, 1.54) is 51.4 Å². The van der Waals surface area contributed by atoms with Crippen molar-refractivity contribution in [2.75, 3.05) is 0 Å². The van der Waals surface area contributed by atoms with Crippen molar-refractivity contribution < 1.29 is 19.4 Å². The number of esters is 1. The summed E-state index contributed by atoms with van der Waals surface area (Å²) in [6.07, 6.45) is 23.9. The molecule has 0 aliphatic rings. The second-order valence-corrected chi connectivity index (χ2v) is 8.52. The van der Waals surface area contributed by atoms with E-state index in [1.54, 1.807) is 0 Å². The lowest BCUT2D eigenvalue weighted by molar-refractivity contribution is -0.147. The van der Waals surface area contributed by atoms with Crippen molar-refractivity contribution in [2.24, 2.45) is 0 Å². The molecule has 0 spiro atoms. The van der Waals surface area contributed by atoms with Gasteiger partial charge in [0.15, 0.2) is 0 Å². The van der Waals surface area contributed by atoms with Crippen LogP contribution >= 0.6 is 0 Å². The lowest BCUT2D eigenvalue weighted by atomic mass is 10.1. The average molecular weight is 425 g/mol. The van der Waals surface area contributed by atoms with E-state index in [0.717, 1.165) is 57.8 Å². The summed E-state index contributed by atoms with van der Waals surface area (Å²) in [6.45, 7) is 4.39. The van der Waals surface area contributed by atoms with Crippen molar-refractivity contribution in [3.63, 3.8) is 0 Å². The maximum Gasteiger partial charge on any atom is 0.306 e. The third kappa shape index (κ3) is 21.4. The van der Waals surface area contributed by atoms with Gasteiger partial charge in [-0.25, -0.2) is 0 Å². The molecule has 0 saturated carbocycles. The van der Waals surface area contributed by atoms with Crippen LogP contribution < -0.4 is 0 Å². The summed E-state index contributed by atoms with van der Waals surface area (Å²) in [5.74, 6) is -0.803. The number of unbranched alkanes of at least 4 members (excludes halogenated alkanes) is 13. The summed E-state index contributed by atoms with van der Waals surface area (Å²) in [4.78, 5) is 22.8. The summed E-state index contributed by atoms with van der Waals surface area (Å²) >= 11 is 0. The van der Waals surface area contributed by atoms with E-state index in [9.17, 15) is 9.59 Å². The highest BCUT2D eigenvalue weighted by molar-refractivity contribution is 5.69. The van der Waals surface area contributed by atoms with Crippen molar-refractivity contribution >= 4 is 11.9 Å². The molecule has 0 radical (unpaired) electrons. The molecule has 0 bridgehead atoms. The molecule has 1 unspecified atom stereocenters. The van der Waals surface area contributed by atoms with Crippen LogP contribution in [0.25, 0.3) is 0 Å². The number of carboxylic acid groups (broad SMARTS) is 1. The smallest absolute Gasteiger partial charge is 0.306 e.